The Hall–Kier alpha value is -4.31. The lowest BCUT2D eigenvalue weighted by Gasteiger charge is -2.29. The van der Waals surface area contributed by atoms with Gasteiger partial charge in [-0.05, 0) is 54.8 Å². The number of pyridine rings is 1. The van der Waals surface area contributed by atoms with Crippen molar-refractivity contribution in [3.8, 4) is 11.3 Å². The summed E-state index contributed by atoms with van der Waals surface area (Å²) in [6.07, 6.45) is 7.24. The lowest BCUT2D eigenvalue weighted by molar-refractivity contribution is -0.116. The fourth-order valence-corrected chi connectivity index (χ4v) is 5.25. The molecule has 1 aromatic heterocycles. The van der Waals surface area contributed by atoms with Crippen molar-refractivity contribution in [3.05, 3.63) is 94.5 Å². The highest BCUT2D eigenvalue weighted by atomic mass is 35.5. The minimum Gasteiger partial charge on any atom is -0.453 e. The molecule has 0 aliphatic carbocycles. The summed E-state index contributed by atoms with van der Waals surface area (Å²) in [6, 6.07) is 8.38. The Kier molecular flexibility index (Phi) is 8.30. The van der Waals surface area contributed by atoms with Gasteiger partial charge in [-0.1, -0.05) is 30.2 Å². The molecule has 2 aliphatic heterocycles. The maximum Gasteiger partial charge on any atom is 0.411 e. The summed E-state index contributed by atoms with van der Waals surface area (Å²) in [7, 11) is 1.24. The Labute approximate surface area is 239 Å². The third-order valence-electron chi connectivity index (χ3n) is 7.14. The van der Waals surface area contributed by atoms with Crippen molar-refractivity contribution in [3.63, 3.8) is 0 Å². The number of benzene rings is 2. The number of aromatic nitrogens is 1. The second kappa shape index (κ2) is 12.1. The summed E-state index contributed by atoms with van der Waals surface area (Å²) in [5.74, 6) is -2.70. The number of ether oxygens (including phenoxy) is 1. The Morgan fingerprint density at radius 2 is 1.95 bits per heavy atom. The first-order chi connectivity index (χ1) is 19.7. The maximum atomic E-state index is 15.3. The highest BCUT2D eigenvalue weighted by Crippen LogP contribution is 2.37. The molecule has 0 fully saturated rings. The fourth-order valence-electron chi connectivity index (χ4n) is 5.09. The Morgan fingerprint density at radius 3 is 2.71 bits per heavy atom. The van der Waals surface area contributed by atoms with Crippen molar-refractivity contribution >= 4 is 40.5 Å². The van der Waals surface area contributed by atoms with Gasteiger partial charge in [-0.25, -0.2) is 18.0 Å². The minimum atomic E-state index is -0.861. The van der Waals surface area contributed by atoms with Gasteiger partial charge in [0.2, 0.25) is 5.91 Å². The largest absolute Gasteiger partial charge is 0.453 e. The van der Waals surface area contributed by atoms with Gasteiger partial charge in [0.25, 0.3) is 0 Å². The number of carbonyl (C=O) groups excluding carboxylic acids is 2. The van der Waals surface area contributed by atoms with E-state index in [1.807, 2.05) is 0 Å². The number of rotatable bonds is 3. The zero-order valence-electron chi connectivity index (χ0n) is 21.9. The maximum absolute atomic E-state index is 15.3. The predicted molar refractivity (Wildman–Crippen MR) is 151 cm³/mol. The second-order valence-corrected chi connectivity index (χ2v) is 10.1. The average molecular weight is 583 g/mol. The first-order valence-electron chi connectivity index (χ1n) is 13.0. The quantitative estimate of drug-likeness (QED) is 0.285. The zero-order valence-corrected chi connectivity index (χ0v) is 22.7. The monoisotopic (exact) mass is 582 g/mol. The van der Waals surface area contributed by atoms with Gasteiger partial charge in [0.05, 0.1) is 41.3 Å². The topological polar surface area (TPSA) is 92.4 Å². The van der Waals surface area contributed by atoms with Crippen LogP contribution in [0.4, 0.5) is 29.3 Å². The molecule has 2 unspecified atom stereocenters. The fraction of sp³-hybridized carbons (Fsp3) is 0.233. The molecule has 0 spiro atoms. The van der Waals surface area contributed by atoms with Gasteiger partial charge in [-0.3, -0.25) is 15.1 Å². The minimum absolute atomic E-state index is 0.193. The standard InChI is InChI=1S/C30H26ClF3N4O3/c1-41-30(40)37-17-7-8-19-25-13-20(23(33)15-36-25)18(4-2-3-5-27(39)38-26(19)12-17)24-11-6-16(14-35-24)28-22(32)10-9-21(31)29(28)34/h6-15,18,24,35H,2-5H2,1H3,(H,37,40)(H,38,39). The highest BCUT2D eigenvalue weighted by Gasteiger charge is 2.28. The van der Waals surface area contributed by atoms with E-state index >= 15 is 4.39 Å². The van der Waals surface area contributed by atoms with Crippen LogP contribution in [0.2, 0.25) is 5.02 Å². The first-order valence-corrected chi connectivity index (χ1v) is 13.4. The van der Waals surface area contributed by atoms with Gasteiger partial charge in [-0.2, -0.15) is 0 Å². The zero-order chi connectivity index (χ0) is 29.1. The molecule has 2 atom stereocenters. The molecule has 2 amide bonds. The third-order valence-corrected chi connectivity index (χ3v) is 7.43. The molecule has 0 saturated carbocycles. The normalized spacial score (nSPS) is 18.6. The van der Waals surface area contributed by atoms with E-state index in [0.29, 0.717) is 47.5 Å². The van der Waals surface area contributed by atoms with Crippen molar-refractivity contribution in [1.82, 2.24) is 10.3 Å². The van der Waals surface area contributed by atoms with Crippen LogP contribution >= 0.6 is 11.6 Å². The number of hydrogen-bond acceptors (Lipinski definition) is 5. The van der Waals surface area contributed by atoms with Crippen LogP contribution in [-0.4, -0.2) is 30.1 Å². The van der Waals surface area contributed by atoms with E-state index in [1.54, 1.807) is 36.4 Å². The summed E-state index contributed by atoms with van der Waals surface area (Å²) in [5.41, 5.74) is 2.18. The summed E-state index contributed by atoms with van der Waals surface area (Å²) in [4.78, 5) is 28.7. The van der Waals surface area contributed by atoms with Crippen LogP contribution < -0.4 is 16.0 Å². The number of dihydropyridines is 1. The molecule has 5 rings (SSSR count). The smallest absolute Gasteiger partial charge is 0.411 e. The number of fused-ring (bicyclic) bond motifs is 4. The van der Waals surface area contributed by atoms with Gasteiger partial charge < -0.3 is 15.4 Å². The SMILES string of the molecule is COC(=O)Nc1ccc2c(c1)NC(=O)CCCCC(C1C=CC(c3c(F)ccc(Cl)c3F)=CN1)c1cc-2ncc1F. The molecule has 0 radical (unpaired) electrons. The Balaban J connectivity index is 1.51. The molecule has 3 aromatic rings. The number of methoxy groups -OCH3 is 1. The van der Waals surface area contributed by atoms with Crippen molar-refractivity contribution in [2.24, 2.45) is 0 Å². The summed E-state index contributed by atoms with van der Waals surface area (Å²) in [6.45, 7) is 0. The van der Waals surface area contributed by atoms with E-state index in [4.69, 9.17) is 11.6 Å². The van der Waals surface area contributed by atoms with Crippen molar-refractivity contribution in [1.29, 1.82) is 0 Å². The highest BCUT2D eigenvalue weighted by molar-refractivity contribution is 6.31. The van der Waals surface area contributed by atoms with Crippen LogP contribution in [0.15, 0.2) is 60.9 Å². The van der Waals surface area contributed by atoms with Gasteiger partial charge in [-0.15, -0.1) is 0 Å². The molecule has 7 nitrogen and oxygen atoms in total. The van der Waals surface area contributed by atoms with Crippen LogP contribution in [0.1, 0.15) is 42.7 Å². The number of allylic oxidation sites excluding steroid dienone is 2. The summed E-state index contributed by atoms with van der Waals surface area (Å²) in [5, 5.41) is 8.42. The molecule has 0 saturated heterocycles. The Bertz CT molecular complexity index is 1580. The molecule has 41 heavy (non-hydrogen) atoms. The third kappa shape index (κ3) is 6.07. The number of halogens is 4. The van der Waals surface area contributed by atoms with E-state index < -0.39 is 29.6 Å². The Morgan fingerprint density at radius 1 is 1.12 bits per heavy atom. The molecule has 11 heteroatoms. The molecule has 2 aliphatic rings. The summed E-state index contributed by atoms with van der Waals surface area (Å²) < 4.78 is 49.1. The molecule has 2 bridgehead atoms. The van der Waals surface area contributed by atoms with E-state index in [2.05, 4.69) is 25.7 Å². The van der Waals surface area contributed by atoms with E-state index in [0.717, 1.165) is 18.3 Å². The van der Waals surface area contributed by atoms with Gasteiger partial charge in [0.1, 0.15) is 11.6 Å². The van der Waals surface area contributed by atoms with E-state index in [9.17, 15) is 18.4 Å². The van der Waals surface area contributed by atoms with E-state index in [-0.39, 0.29) is 34.4 Å². The van der Waals surface area contributed by atoms with Crippen molar-refractivity contribution in [2.75, 3.05) is 17.7 Å². The predicted octanol–water partition coefficient (Wildman–Crippen LogP) is 7.16. The van der Waals surface area contributed by atoms with Crippen LogP contribution in [-0.2, 0) is 9.53 Å². The van der Waals surface area contributed by atoms with Crippen molar-refractivity contribution in [2.45, 2.75) is 37.6 Å². The van der Waals surface area contributed by atoms with Crippen LogP contribution in [0.5, 0.6) is 0 Å². The number of nitrogens with zero attached hydrogens (tertiary/aromatic N) is 1. The van der Waals surface area contributed by atoms with Crippen molar-refractivity contribution < 1.29 is 27.5 Å². The van der Waals surface area contributed by atoms with Crippen LogP contribution in [0.25, 0.3) is 16.8 Å². The lowest BCUT2D eigenvalue weighted by atomic mass is 9.84. The second-order valence-electron chi connectivity index (χ2n) is 9.74. The summed E-state index contributed by atoms with van der Waals surface area (Å²) >= 11 is 5.87. The van der Waals surface area contributed by atoms with E-state index in [1.165, 1.54) is 13.3 Å². The van der Waals surface area contributed by atoms with Crippen LogP contribution in [0, 0.1) is 17.5 Å². The molecule has 2 aromatic carbocycles. The molecule has 3 heterocycles. The average Bonchev–Trinajstić information content (AvgIpc) is 2.96. The molecule has 3 N–H and O–H groups in total. The number of carbonyl (C=O) groups is 2. The number of amides is 2. The first kappa shape index (κ1) is 28.2. The molecule has 212 valence electrons. The van der Waals surface area contributed by atoms with Gasteiger partial charge >= 0.3 is 6.09 Å². The number of anilines is 2. The molecular formula is C30H26ClF3N4O3. The number of hydrogen-bond donors (Lipinski definition) is 3. The lowest BCUT2D eigenvalue weighted by Crippen LogP contribution is -2.32. The molecular weight excluding hydrogens is 557 g/mol. The van der Waals surface area contributed by atoms with Crippen LogP contribution in [0.3, 0.4) is 0 Å². The number of nitrogens with one attached hydrogen (secondary N) is 3. The van der Waals surface area contributed by atoms with Gasteiger partial charge in [0.15, 0.2) is 5.82 Å². The van der Waals surface area contributed by atoms with Gasteiger partial charge in [0, 0.05) is 35.4 Å².